The fraction of sp³-hybridized carbons (Fsp3) is 0.600. The summed E-state index contributed by atoms with van der Waals surface area (Å²) in [5, 5.41) is 21.3. The quantitative estimate of drug-likeness (QED) is 0.690. The summed E-state index contributed by atoms with van der Waals surface area (Å²) < 4.78 is 0. The summed E-state index contributed by atoms with van der Waals surface area (Å²) in [5.74, 6) is 1.40. The van der Waals surface area contributed by atoms with Crippen molar-refractivity contribution in [3.05, 3.63) is 53.6 Å². The fourth-order valence-electron chi connectivity index (χ4n) is 7.27. The molecular formula is C25H32O2. The van der Waals surface area contributed by atoms with Gasteiger partial charge in [0.25, 0.3) is 0 Å². The lowest BCUT2D eigenvalue weighted by Crippen LogP contribution is -2.54. The molecular weight excluding hydrogens is 332 g/mol. The van der Waals surface area contributed by atoms with E-state index in [1.54, 1.807) is 0 Å². The Bertz CT molecular complexity index is 794. The lowest BCUT2D eigenvalue weighted by atomic mass is 9.46. The molecule has 2 N–H and O–H groups in total. The first-order chi connectivity index (χ1) is 12.9. The van der Waals surface area contributed by atoms with Crippen molar-refractivity contribution >= 4 is 5.57 Å². The van der Waals surface area contributed by atoms with Gasteiger partial charge in [0.15, 0.2) is 0 Å². The van der Waals surface area contributed by atoms with Gasteiger partial charge < -0.3 is 10.2 Å². The van der Waals surface area contributed by atoms with Crippen LogP contribution in [0, 0.1) is 28.6 Å². The smallest absolute Gasteiger partial charge is 0.0757 e. The van der Waals surface area contributed by atoms with Crippen molar-refractivity contribution in [1.82, 2.24) is 0 Å². The molecule has 0 spiro atoms. The molecule has 4 aliphatic rings. The van der Waals surface area contributed by atoms with Gasteiger partial charge in [0, 0.05) is 0 Å². The second kappa shape index (κ2) is 6.06. The van der Waals surface area contributed by atoms with E-state index in [-0.39, 0.29) is 23.0 Å². The van der Waals surface area contributed by atoms with Crippen molar-refractivity contribution in [2.24, 2.45) is 28.6 Å². The lowest BCUT2D eigenvalue weighted by molar-refractivity contribution is -0.0731. The minimum absolute atomic E-state index is 0.166. The largest absolute Gasteiger partial charge is 0.393 e. The van der Waals surface area contributed by atoms with E-state index in [9.17, 15) is 10.2 Å². The van der Waals surface area contributed by atoms with Gasteiger partial charge in [0.05, 0.1) is 12.2 Å². The third-order valence-corrected chi connectivity index (χ3v) is 8.77. The van der Waals surface area contributed by atoms with Crippen LogP contribution in [0.25, 0.3) is 5.57 Å². The average Bonchev–Trinajstić information content (AvgIpc) is 3.01. The summed E-state index contributed by atoms with van der Waals surface area (Å²) in [6, 6.07) is 10.8. The summed E-state index contributed by atoms with van der Waals surface area (Å²) in [6.07, 6.45) is 10.2. The highest BCUT2D eigenvalue weighted by molar-refractivity contribution is 5.73. The van der Waals surface area contributed by atoms with Gasteiger partial charge >= 0.3 is 0 Å². The van der Waals surface area contributed by atoms with Gasteiger partial charge in [-0.05, 0) is 78.2 Å². The van der Waals surface area contributed by atoms with Crippen LogP contribution < -0.4 is 0 Å². The van der Waals surface area contributed by atoms with Crippen LogP contribution in [-0.4, -0.2) is 22.4 Å². The molecule has 2 nitrogen and oxygen atoms in total. The Morgan fingerprint density at radius 3 is 2.44 bits per heavy atom. The van der Waals surface area contributed by atoms with E-state index in [1.165, 1.54) is 29.6 Å². The summed E-state index contributed by atoms with van der Waals surface area (Å²) in [4.78, 5) is 0. The fourth-order valence-corrected chi connectivity index (χ4v) is 7.27. The Kier molecular flexibility index (Phi) is 3.97. The van der Waals surface area contributed by atoms with Crippen LogP contribution in [0.1, 0.15) is 57.9 Å². The average molecular weight is 365 g/mol. The molecule has 0 radical (unpaired) electrons. The first-order valence-electron chi connectivity index (χ1n) is 10.8. The van der Waals surface area contributed by atoms with Crippen molar-refractivity contribution in [2.45, 2.75) is 64.6 Å². The standard InChI is InChI=1S/C25H32O2/c1-24-12-10-18(26)14-17(24)15-22(27)23-20-9-8-19(16-6-4-3-5-7-16)25(20,2)13-11-21(23)24/h3-8,15,18,20-23,26-27H,9-14H2,1-2H3/t18-,20-,21-,22-,23-,24-,25+/m0/s1. The zero-order chi connectivity index (χ0) is 18.8. The predicted octanol–water partition coefficient (Wildman–Crippen LogP) is 4.97. The van der Waals surface area contributed by atoms with Crippen molar-refractivity contribution in [3.8, 4) is 0 Å². The first-order valence-corrected chi connectivity index (χ1v) is 10.8. The van der Waals surface area contributed by atoms with Crippen molar-refractivity contribution in [2.75, 3.05) is 0 Å². The molecule has 0 aromatic heterocycles. The van der Waals surface area contributed by atoms with Crippen molar-refractivity contribution < 1.29 is 10.2 Å². The van der Waals surface area contributed by atoms with Crippen molar-refractivity contribution in [3.63, 3.8) is 0 Å². The number of benzene rings is 1. The van der Waals surface area contributed by atoms with Gasteiger partial charge in [0.2, 0.25) is 0 Å². The van der Waals surface area contributed by atoms with Crippen LogP contribution in [0.15, 0.2) is 48.1 Å². The van der Waals surface area contributed by atoms with Gasteiger partial charge in [-0.15, -0.1) is 0 Å². The number of fused-ring (bicyclic) bond motifs is 5. The highest BCUT2D eigenvalue weighted by Crippen LogP contribution is 2.66. The molecule has 0 bridgehead atoms. The molecule has 0 saturated heterocycles. The van der Waals surface area contributed by atoms with Crippen LogP contribution >= 0.6 is 0 Å². The number of aliphatic hydroxyl groups excluding tert-OH is 2. The molecule has 0 aliphatic heterocycles. The van der Waals surface area contributed by atoms with E-state index in [0.717, 1.165) is 25.7 Å². The van der Waals surface area contributed by atoms with E-state index in [4.69, 9.17) is 0 Å². The number of rotatable bonds is 1. The zero-order valence-corrected chi connectivity index (χ0v) is 16.6. The molecule has 7 atom stereocenters. The van der Waals surface area contributed by atoms with E-state index in [1.807, 2.05) is 0 Å². The van der Waals surface area contributed by atoms with E-state index in [0.29, 0.717) is 17.8 Å². The molecule has 1 aromatic carbocycles. The third-order valence-electron chi connectivity index (χ3n) is 8.77. The van der Waals surface area contributed by atoms with Crippen LogP contribution in [0.2, 0.25) is 0 Å². The maximum atomic E-state index is 11.2. The molecule has 5 rings (SSSR count). The van der Waals surface area contributed by atoms with E-state index >= 15 is 0 Å². The number of hydrogen-bond donors (Lipinski definition) is 2. The highest BCUT2D eigenvalue weighted by atomic mass is 16.3. The van der Waals surface area contributed by atoms with Crippen LogP contribution in [-0.2, 0) is 0 Å². The highest BCUT2D eigenvalue weighted by Gasteiger charge is 2.59. The second-order valence-electron chi connectivity index (χ2n) is 9.96. The van der Waals surface area contributed by atoms with Crippen LogP contribution in [0.5, 0.6) is 0 Å². The minimum Gasteiger partial charge on any atom is -0.393 e. The molecule has 2 fully saturated rings. The zero-order valence-electron chi connectivity index (χ0n) is 16.6. The number of aliphatic hydroxyl groups is 2. The summed E-state index contributed by atoms with van der Waals surface area (Å²) >= 11 is 0. The lowest BCUT2D eigenvalue weighted by Gasteiger charge is -2.58. The summed E-state index contributed by atoms with van der Waals surface area (Å²) in [7, 11) is 0. The predicted molar refractivity (Wildman–Crippen MR) is 109 cm³/mol. The Labute approximate surface area is 163 Å². The Morgan fingerprint density at radius 1 is 0.926 bits per heavy atom. The summed E-state index contributed by atoms with van der Waals surface area (Å²) in [6.45, 7) is 4.86. The first kappa shape index (κ1) is 17.7. The molecule has 0 unspecified atom stereocenters. The molecule has 2 saturated carbocycles. The van der Waals surface area contributed by atoms with Gasteiger partial charge in [-0.1, -0.05) is 61.9 Å². The molecule has 0 heterocycles. The Morgan fingerprint density at radius 2 is 1.67 bits per heavy atom. The molecule has 144 valence electrons. The number of hydrogen-bond acceptors (Lipinski definition) is 2. The Balaban J connectivity index is 1.52. The van der Waals surface area contributed by atoms with E-state index < -0.39 is 0 Å². The van der Waals surface area contributed by atoms with Crippen molar-refractivity contribution in [1.29, 1.82) is 0 Å². The molecule has 0 amide bonds. The normalized spacial score (nSPS) is 46.0. The van der Waals surface area contributed by atoms with Crippen LogP contribution in [0.4, 0.5) is 0 Å². The molecule has 2 heteroatoms. The maximum Gasteiger partial charge on any atom is 0.0757 e. The second-order valence-corrected chi connectivity index (χ2v) is 9.96. The topological polar surface area (TPSA) is 40.5 Å². The van der Waals surface area contributed by atoms with Gasteiger partial charge in [0.1, 0.15) is 0 Å². The monoisotopic (exact) mass is 364 g/mol. The molecule has 27 heavy (non-hydrogen) atoms. The SMILES string of the molecule is C[C@]12CC[C@H](O)CC1=C[C@H](O)[C@@H]1[C@@H]2CC[C@]2(C)C(c3ccccc3)=CC[C@@H]12. The van der Waals surface area contributed by atoms with Gasteiger partial charge in [-0.2, -0.15) is 0 Å². The minimum atomic E-state index is -0.364. The molecule has 1 aromatic rings. The van der Waals surface area contributed by atoms with Gasteiger partial charge in [-0.25, -0.2) is 0 Å². The number of allylic oxidation sites excluding steroid dienone is 2. The van der Waals surface area contributed by atoms with E-state index in [2.05, 4.69) is 56.3 Å². The van der Waals surface area contributed by atoms with Gasteiger partial charge in [-0.3, -0.25) is 0 Å². The third kappa shape index (κ3) is 2.46. The maximum absolute atomic E-state index is 11.2. The Hall–Kier alpha value is -1.38. The summed E-state index contributed by atoms with van der Waals surface area (Å²) in [5.41, 5.74) is 4.51. The van der Waals surface area contributed by atoms with Crippen LogP contribution in [0.3, 0.4) is 0 Å². The molecule has 4 aliphatic carbocycles.